The highest BCUT2D eigenvalue weighted by molar-refractivity contribution is 6.14. The lowest BCUT2D eigenvalue weighted by Gasteiger charge is -2.34. The number of fused-ring (bicyclic) bond motifs is 6. The molecule has 0 N–H and O–H groups in total. The maximum Gasteiger partial charge on any atom is 0.159 e. The second-order valence-corrected chi connectivity index (χ2v) is 14.5. The molecule has 0 atom stereocenters. The summed E-state index contributed by atoms with van der Waals surface area (Å²) in [4.78, 5) is 1.92. The van der Waals surface area contributed by atoms with Gasteiger partial charge in [0.05, 0.1) is 22.3 Å². The van der Waals surface area contributed by atoms with Crippen molar-refractivity contribution < 1.29 is 9.90 Å². The van der Waals surface area contributed by atoms with E-state index in [1.807, 2.05) is 95.9 Å². The van der Waals surface area contributed by atoms with Crippen molar-refractivity contribution in [3.05, 3.63) is 247 Å². The zero-order valence-corrected chi connectivity index (χ0v) is 30.9. The first-order valence-corrected chi connectivity index (χ1v) is 19.3. The molecule has 1 heterocycles. The van der Waals surface area contributed by atoms with Crippen LogP contribution in [0.15, 0.2) is 229 Å². The zero-order chi connectivity index (χ0) is 41.2. The number of anilines is 3. The zero-order valence-electron chi connectivity index (χ0n) is 34.9. The second kappa shape index (κ2) is 13.4. The Morgan fingerprint density at radius 2 is 0.895 bits per heavy atom. The predicted molar refractivity (Wildman–Crippen MR) is 237 cm³/mol. The Balaban J connectivity index is 1.27. The Bertz CT molecular complexity index is 3220. The van der Waals surface area contributed by atoms with E-state index in [1.165, 1.54) is 0 Å². The van der Waals surface area contributed by atoms with Gasteiger partial charge in [-0.05, 0) is 68.7 Å². The molecule has 1 aliphatic carbocycles. The van der Waals surface area contributed by atoms with Crippen LogP contribution in [0.4, 0.5) is 17.1 Å². The van der Waals surface area contributed by atoms with Crippen LogP contribution < -0.4 is 4.90 Å². The van der Waals surface area contributed by atoms with Crippen LogP contribution in [0.25, 0.3) is 55.3 Å². The van der Waals surface area contributed by atoms with Gasteiger partial charge in [0.15, 0.2) is 5.58 Å². The van der Waals surface area contributed by atoms with Gasteiger partial charge in [-0.2, -0.15) is 0 Å². The summed E-state index contributed by atoms with van der Waals surface area (Å²) in [6.07, 6.45) is 0. The molecule has 0 aliphatic heterocycles. The Labute approximate surface area is 338 Å². The lowest BCUT2D eigenvalue weighted by atomic mass is 9.68. The average Bonchev–Trinajstić information content (AvgIpc) is 3.86. The SMILES string of the molecule is [2H]c1c([2H])c(N(c2cccc3c2-c2ccccc2C3(c2ccccc2)c2ccccc2)c2cccc3c2oc2c(-c4ccccc4)cccc23)c([2H])c([2H])c1-c1ccccc1. The summed E-state index contributed by atoms with van der Waals surface area (Å²) in [5, 5.41) is 1.82. The number of nitrogens with zero attached hydrogens (tertiary/aromatic N) is 1. The van der Waals surface area contributed by atoms with Gasteiger partial charge >= 0.3 is 0 Å². The first kappa shape index (κ1) is 28.9. The highest BCUT2D eigenvalue weighted by Gasteiger charge is 2.47. The number of para-hydroxylation sites is 2. The molecule has 0 saturated heterocycles. The standard InChI is InChI=1S/C55H37NO/c1-5-18-38(19-6-1)39-34-36-43(37-35-39)56(51-33-16-29-46-45-28-15-27-44(53(45)57-54(46)51)40-20-7-2-8-21-40)50-32-17-31-49-52(50)47-26-13-14-30-48(47)55(49,41-22-9-3-10-23-41)42-24-11-4-12-25-42/h1-37H/i34D,35D,36D,37D. The molecular formula is C55H37NO. The lowest BCUT2D eigenvalue weighted by Crippen LogP contribution is -2.28. The van der Waals surface area contributed by atoms with E-state index in [-0.39, 0.29) is 35.4 Å². The molecule has 1 aliphatic rings. The topological polar surface area (TPSA) is 16.4 Å². The summed E-state index contributed by atoms with van der Waals surface area (Å²) in [7, 11) is 0. The van der Waals surface area contributed by atoms with Crippen molar-refractivity contribution in [2.24, 2.45) is 0 Å². The van der Waals surface area contributed by atoms with E-state index in [1.54, 1.807) is 0 Å². The van der Waals surface area contributed by atoms with Crippen LogP contribution in [-0.2, 0) is 5.41 Å². The third-order valence-corrected chi connectivity index (χ3v) is 11.4. The molecule has 9 aromatic carbocycles. The van der Waals surface area contributed by atoms with Crippen molar-refractivity contribution in [2.75, 3.05) is 4.90 Å². The molecule has 2 heteroatoms. The lowest BCUT2D eigenvalue weighted by molar-refractivity contribution is 0.670. The number of hydrogen-bond donors (Lipinski definition) is 0. The van der Waals surface area contributed by atoms with Crippen molar-refractivity contribution in [1.82, 2.24) is 0 Å². The summed E-state index contributed by atoms with van der Waals surface area (Å²) in [5.74, 6) is 0. The van der Waals surface area contributed by atoms with E-state index < -0.39 is 5.41 Å². The largest absolute Gasteiger partial charge is 0.453 e. The van der Waals surface area contributed by atoms with Gasteiger partial charge in [0.1, 0.15) is 5.58 Å². The Hall–Kier alpha value is -7.42. The monoisotopic (exact) mass is 731 g/mol. The predicted octanol–water partition coefficient (Wildman–Crippen LogP) is 14.8. The third kappa shape index (κ3) is 5.11. The fraction of sp³-hybridized carbons (Fsp3) is 0.0182. The van der Waals surface area contributed by atoms with Crippen LogP contribution in [0.5, 0.6) is 0 Å². The summed E-state index contributed by atoms with van der Waals surface area (Å²) in [6.45, 7) is 0. The van der Waals surface area contributed by atoms with Crippen molar-refractivity contribution >= 4 is 39.0 Å². The van der Waals surface area contributed by atoms with Gasteiger partial charge in [-0.25, -0.2) is 0 Å². The molecule has 0 bridgehead atoms. The van der Waals surface area contributed by atoms with Crippen LogP contribution in [0.2, 0.25) is 0 Å². The quantitative estimate of drug-likeness (QED) is 0.162. The van der Waals surface area contributed by atoms with Crippen molar-refractivity contribution in [1.29, 1.82) is 0 Å². The molecule has 0 fully saturated rings. The third-order valence-electron chi connectivity index (χ3n) is 11.4. The van der Waals surface area contributed by atoms with E-state index in [0.29, 0.717) is 22.5 Å². The minimum absolute atomic E-state index is 0.119. The summed E-state index contributed by atoms with van der Waals surface area (Å²) in [5.41, 5.74) is 11.2. The minimum Gasteiger partial charge on any atom is -0.453 e. The van der Waals surface area contributed by atoms with E-state index in [9.17, 15) is 5.48 Å². The Morgan fingerprint density at radius 1 is 0.386 bits per heavy atom. The fourth-order valence-corrected chi connectivity index (χ4v) is 9.02. The fourth-order valence-electron chi connectivity index (χ4n) is 9.02. The van der Waals surface area contributed by atoms with E-state index in [4.69, 9.17) is 4.42 Å². The van der Waals surface area contributed by atoms with E-state index in [2.05, 4.69) is 109 Å². The first-order chi connectivity index (χ1) is 30.0. The molecule has 10 aromatic rings. The molecule has 1 aromatic heterocycles. The van der Waals surface area contributed by atoms with Gasteiger partial charge in [-0.3, -0.25) is 0 Å². The minimum atomic E-state index is -0.710. The maximum absolute atomic E-state index is 9.84. The average molecular weight is 732 g/mol. The molecule has 57 heavy (non-hydrogen) atoms. The van der Waals surface area contributed by atoms with Gasteiger partial charge in [-0.15, -0.1) is 0 Å². The first-order valence-electron chi connectivity index (χ1n) is 21.3. The van der Waals surface area contributed by atoms with E-state index >= 15 is 0 Å². The highest BCUT2D eigenvalue weighted by Crippen LogP contribution is 2.60. The van der Waals surface area contributed by atoms with Crippen molar-refractivity contribution in [3.8, 4) is 33.4 Å². The molecule has 0 amide bonds. The number of hydrogen-bond acceptors (Lipinski definition) is 2. The van der Waals surface area contributed by atoms with E-state index in [0.717, 1.165) is 60.9 Å². The van der Waals surface area contributed by atoms with Crippen LogP contribution in [-0.4, -0.2) is 0 Å². The smallest absolute Gasteiger partial charge is 0.159 e. The molecule has 268 valence electrons. The van der Waals surface area contributed by atoms with Gasteiger partial charge in [0.25, 0.3) is 0 Å². The Morgan fingerprint density at radius 3 is 1.58 bits per heavy atom. The van der Waals surface area contributed by atoms with Crippen LogP contribution in [0, 0.1) is 0 Å². The van der Waals surface area contributed by atoms with Crippen molar-refractivity contribution in [3.63, 3.8) is 0 Å². The molecule has 0 spiro atoms. The molecule has 11 rings (SSSR count). The maximum atomic E-state index is 9.84. The number of furan rings is 1. The van der Waals surface area contributed by atoms with Crippen LogP contribution in [0.1, 0.15) is 27.7 Å². The normalized spacial score (nSPS) is 13.7. The van der Waals surface area contributed by atoms with Gasteiger partial charge in [0, 0.05) is 27.6 Å². The summed E-state index contributed by atoms with van der Waals surface area (Å²) in [6, 6.07) is 67.0. The molecule has 2 nitrogen and oxygen atoms in total. The van der Waals surface area contributed by atoms with Crippen LogP contribution in [0.3, 0.4) is 0 Å². The molecule has 0 saturated carbocycles. The van der Waals surface area contributed by atoms with Gasteiger partial charge < -0.3 is 9.32 Å². The number of benzene rings is 9. The molecule has 0 unspecified atom stereocenters. The van der Waals surface area contributed by atoms with Gasteiger partial charge in [0.2, 0.25) is 0 Å². The summed E-state index contributed by atoms with van der Waals surface area (Å²) < 4.78 is 45.8. The van der Waals surface area contributed by atoms with Crippen LogP contribution >= 0.6 is 0 Å². The molecule has 0 radical (unpaired) electrons. The highest BCUT2D eigenvalue weighted by atomic mass is 16.3. The van der Waals surface area contributed by atoms with Gasteiger partial charge in [-0.1, -0.05) is 200 Å². The Kier molecular flexibility index (Phi) is 6.81. The summed E-state index contributed by atoms with van der Waals surface area (Å²) >= 11 is 0. The second-order valence-electron chi connectivity index (χ2n) is 14.5. The number of rotatable bonds is 7. The molecular weight excluding hydrogens is 691 g/mol. The van der Waals surface area contributed by atoms with Crippen molar-refractivity contribution in [2.45, 2.75) is 5.41 Å².